The molecule has 0 spiro atoms. The van der Waals surface area contributed by atoms with Gasteiger partial charge in [0.05, 0.1) is 11.9 Å². The van der Waals surface area contributed by atoms with Gasteiger partial charge in [-0.2, -0.15) is 0 Å². The third-order valence-corrected chi connectivity index (χ3v) is 3.55. The molecule has 3 heterocycles. The van der Waals surface area contributed by atoms with Crippen LogP contribution in [0.1, 0.15) is 0 Å². The summed E-state index contributed by atoms with van der Waals surface area (Å²) in [5.74, 6) is 0. The first-order valence-electron chi connectivity index (χ1n) is 6.98. The number of nitrogens with zero attached hydrogens (tertiary/aromatic N) is 3. The Morgan fingerprint density at radius 3 is 2.14 bits per heavy atom. The van der Waals surface area contributed by atoms with Crippen LogP contribution in [0.5, 0.6) is 0 Å². The maximum atomic E-state index is 3.98. The van der Waals surface area contributed by atoms with E-state index in [4.69, 9.17) is 0 Å². The molecule has 0 bridgehead atoms. The molecule has 3 aromatic rings. The van der Waals surface area contributed by atoms with Crippen molar-refractivity contribution in [3.05, 3.63) is 67.0 Å². The molecular formula is C17H13N5. The van der Waals surface area contributed by atoms with Crippen molar-refractivity contribution < 1.29 is 0 Å². The van der Waals surface area contributed by atoms with Crippen molar-refractivity contribution in [1.29, 1.82) is 0 Å². The van der Waals surface area contributed by atoms with Crippen molar-refractivity contribution in [3.63, 3.8) is 0 Å². The van der Waals surface area contributed by atoms with E-state index in [1.54, 1.807) is 12.4 Å². The molecule has 5 nitrogen and oxygen atoms in total. The normalized spacial score (nSPS) is 10.7. The van der Waals surface area contributed by atoms with Gasteiger partial charge in [-0.25, -0.2) is 0 Å². The Hall–Kier alpha value is -3.21. The molecule has 0 aliphatic carbocycles. The monoisotopic (exact) mass is 287 g/mol. The minimum Gasteiger partial charge on any atom is -0.355 e. The van der Waals surface area contributed by atoms with Gasteiger partial charge in [-0.1, -0.05) is 41.6 Å². The third kappa shape index (κ3) is 2.18. The highest BCUT2D eigenvalue weighted by molar-refractivity contribution is 6.06. The second kappa shape index (κ2) is 5.29. The molecule has 0 unspecified atom stereocenters. The van der Waals surface area contributed by atoms with Crippen molar-refractivity contribution in [2.24, 2.45) is 0 Å². The first-order chi connectivity index (χ1) is 10.9. The molecule has 0 saturated carbocycles. The summed E-state index contributed by atoms with van der Waals surface area (Å²) in [6.07, 6.45) is 3.33. The summed E-state index contributed by atoms with van der Waals surface area (Å²) >= 11 is 0. The number of aromatic nitrogens is 5. The van der Waals surface area contributed by atoms with Gasteiger partial charge in [0.2, 0.25) is 0 Å². The van der Waals surface area contributed by atoms with Crippen molar-refractivity contribution >= 4 is 21.8 Å². The number of nitrogens with one attached hydrogen (secondary N) is 2. The molecule has 22 heavy (non-hydrogen) atoms. The summed E-state index contributed by atoms with van der Waals surface area (Å²) in [5, 5.41) is 12.5. The predicted molar refractivity (Wildman–Crippen MR) is 86.6 cm³/mol. The molecule has 1 aromatic heterocycles. The summed E-state index contributed by atoms with van der Waals surface area (Å²) in [7, 11) is 0. The van der Waals surface area contributed by atoms with Crippen molar-refractivity contribution in [2.45, 2.75) is 0 Å². The number of H-pyrrole nitrogens is 2. The summed E-state index contributed by atoms with van der Waals surface area (Å²) in [6.45, 7) is 0. The maximum Gasteiger partial charge on any atom is 0.108 e. The Bertz CT molecular complexity index is 920. The van der Waals surface area contributed by atoms with Crippen molar-refractivity contribution in [3.8, 4) is 11.4 Å². The minimum absolute atomic E-state index is 0.852. The minimum atomic E-state index is 0.852. The molecule has 0 amide bonds. The Labute approximate surface area is 126 Å². The lowest BCUT2D eigenvalue weighted by Gasteiger charge is -1.89. The van der Waals surface area contributed by atoms with Gasteiger partial charge in [0.15, 0.2) is 0 Å². The lowest BCUT2D eigenvalue weighted by molar-refractivity contribution is 0.867. The summed E-state index contributed by atoms with van der Waals surface area (Å²) in [5.41, 5.74) is 4.20. The molecule has 0 atom stereocenters. The number of rotatable bonds is 0. The van der Waals surface area contributed by atoms with Crippen LogP contribution in [-0.2, 0) is 0 Å². The topological polar surface area (TPSA) is 70.2 Å². The highest BCUT2D eigenvalue weighted by atomic mass is 15.3. The first kappa shape index (κ1) is 12.5. The summed E-state index contributed by atoms with van der Waals surface area (Å²) < 4.78 is 0. The van der Waals surface area contributed by atoms with Gasteiger partial charge in [0.1, 0.15) is 5.69 Å². The SMILES string of the molecule is c1cc2[nH]nncc-2n1.c1ccc2c(c1)[nH]c1ccccc12. The van der Waals surface area contributed by atoms with Crippen LogP contribution in [0.15, 0.2) is 67.0 Å². The Balaban J connectivity index is 0.000000122. The van der Waals surface area contributed by atoms with E-state index in [0.717, 1.165) is 11.4 Å². The molecule has 2 aliphatic heterocycles. The second-order valence-electron chi connectivity index (χ2n) is 4.92. The van der Waals surface area contributed by atoms with E-state index in [1.165, 1.54) is 21.8 Å². The van der Waals surface area contributed by atoms with Crippen LogP contribution in [0.3, 0.4) is 0 Å². The van der Waals surface area contributed by atoms with E-state index in [1.807, 2.05) is 6.07 Å². The van der Waals surface area contributed by atoms with E-state index in [-0.39, 0.29) is 0 Å². The molecule has 2 N–H and O–H groups in total. The van der Waals surface area contributed by atoms with Gasteiger partial charge in [-0.3, -0.25) is 10.1 Å². The van der Waals surface area contributed by atoms with Gasteiger partial charge in [-0.15, -0.1) is 5.10 Å². The predicted octanol–water partition coefficient (Wildman–Crippen LogP) is 3.63. The van der Waals surface area contributed by atoms with E-state index in [2.05, 4.69) is 73.9 Å². The highest BCUT2D eigenvalue weighted by Gasteiger charge is 2.01. The first-order valence-corrected chi connectivity index (χ1v) is 6.98. The number of hydrogen-bond acceptors (Lipinski definition) is 3. The Morgan fingerprint density at radius 1 is 0.773 bits per heavy atom. The zero-order chi connectivity index (χ0) is 14.8. The van der Waals surface area contributed by atoms with Gasteiger partial charge in [0.25, 0.3) is 0 Å². The van der Waals surface area contributed by atoms with Crippen LogP contribution in [0.25, 0.3) is 33.2 Å². The number of fused-ring (bicyclic) bond motifs is 4. The number of para-hydroxylation sites is 2. The molecule has 5 heteroatoms. The van der Waals surface area contributed by atoms with E-state index in [9.17, 15) is 0 Å². The number of aromatic amines is 2. The molecule has 0 fully saturated rings. The Morgan fingerprint density at radius 2 is 1.45 bits per heavy atom. The quantitative estimate of drug-likeness (QED) is 0.457. The van der Waals surface area contributed by atoms with Crippen LogP contribution < -0.4 is 0 Å². The summed E-state index contributed by atoms with van der Waals surface area (Å²) in [6, 6.07) is 18.6. The molecule has 0 radical (unpaired) electrons. The number of hydrogen-bond donors (Lipinski definition) is 2. The zero-order valence-electron chi connectivity index (χ0n) is 11.7. The van der Waals surface area contributed by atoms with E-state index < -0.39 is 0 Å². The fourth-order valence-electron chi connectivity index (χ4n) is 2.51. The van der Waals surface area contributed by atoms with Crippen LogP contribution in [0.2, 0.25) is 0 Å². The van der Waals surface area contributed by atoms with Crippen molar-refractivity contribution in [2.75, 3.05) is 0 Å². The highest BCUT2D eigenvalue weighted by Crippen LogP contribution is 2.24. The van der Waals surface area contributed by atoms with Crippen LogP contribution in [0, 0.1) is 0 Å². The lowest BCUT2D eigenvalue weighted by Crippen LogP contribution is -1.88. The molecule has 2 aromatic carbocycles. The summed E-state index contributed by atoms with van der Waals surface area (Å²) in [4.78, 5) is 7.36. The van der Waals surface area contributed by atoms with Gasteiger partial charge < -0.3 is 4.98 Å². The van der Waals surface area contributed by atoms with E-state index in [0.29, 0.717) is 0 Å². The van der Waals surface area contributed by atoms with Gasteiger partial charge in [-0.05, 0) is 18.2 Å². The fraction of sp³-hybridized carbons (Fsp3) is 0. The standard InChI is InChI=1S/C12H9N.C5H4N4/c1-3-7-11-9(5-1)10-6-2-4-8-12(10)13-11;1-2-6-5-3-7-9-8-4(1)5/h1-8,13H;1-3H,(H,7,8). The zero-order valence-corrected chi connectivity index (χ0v) is 11.7. The Kier molecular flexibility index (Phi) is 3.01. The maximum absolute atomic E-state index is 3.98. The average molecular weight is 287 g/mol. The van der Waals surface area contributed by atoms with Crippen molar-refractivity contribution in [1.82, 2.24) is 25.4 Å². The molecular weight excluding hydrogens is 274 g/mol. The van der Waals surface area contributed by atoms with Gasteiger partial charge >= 0.3 is 0 Å². The van der Waals surface area contributed by atoms with E-state index >= 15 is 0 Å². The van der Waals surface area contributed by atoms with Crippen LogP contribution in [-0.4, -0.2) is 25.4 Å². The number of benzene rings is 2. The average Bonchev–Trinajstić information content (AvgIpc) is 3.19. The van der Waals surface area contributed by atoms with Crippen LogP contribution in [0.4, 0.5) is 0 Å². The fourth-order valence-corrected chi connectivity index (χ4v) is 2.51. The molecule has 2 aliphatic rings. The van der Waals surface area contributed by atoms with Gasteiger partial charge in [0, 0.05) is 28.0 Å². The third-order valence-electron chi connectivity index (χ3n) is 3.55. The second-order valence-corrected chi connectivity index (χ2v) is 4.92. The smallest absolute Gasteiger partial charge is 0.108 e. The molecule has 0 saturated heterocycles. The lowest BCUT2D eigenvalue weighted by atomic mass is 10.2. The molecule has 5 rings (SSSR count). The van der Waals surface area contributed by atoms with Crippen LogP contribution >= 0.6 is 0 Å². The largest absolute Gasteiger partial charge is 0.355 e. The molecule has 106 valence electrons.